The molecule has 5 nitrogen and oxygen atoms in total. The van der Waals surface area contributed by atoms with Crippen LogP contribution in [0.25, 0.3) is 11.0 Å². The minimum atomic E-state index is 0.387. The molecule has 0 aliphatic carbocycles. The lowest BCUT2D eigenvalue weighted by Gasteiger charge is -2.09. The number of aromatic nitrogens is 3. The number of fused-ring (bicyclic) bond motifs is 1. The number of H-pyrrole nitrogens is 1. The molecule has 3 rings (SSSR count). The molecule has 0 amide bonds. The second kappa shape index (κ2) is 5.35. The molecule has 0 saturated carbocycles. The molecular weight excluding hydrogens is 226 g/mol. The summed E-state index contributed by atoms with van der Waals surface area (Å²) in [5, 5.41) is 3.55. The Balaban J connectivity index is 0.000000574. The van der Waals surface area contributed by atoms with Gasteiger partial charge in [0, 0.05) is 23.8 Å². The molecule has 2 unspecified atom stereocenters. The Kier molecular flexibility index (Phi) is 3.81. The fourth-order valence-corrected chi connectivity index (χ4v) is 2.42. The molecule has 1 saturated heterocycles. The first-order valence-electron chi connectivity index (χ1n) is 6.59. The lowest BCUT2D eigenvalue weighted by Crippen LogP contribution is -2.20. The van der Waals surface area contributed by atoms with Crippen molar-refractivity contribution in [2.45, 2.75) is 45.7 Å². The molecular formula is C13H21N5. The van der Waals surface area contributed by atoms with Crippen molar-refractivity contribution in [3.05, 3.63) is 18.1 Å². The minimum Gasteiger partial charge on any atom is -0.382 e. The van der Waals surface area contributed by atoms with Gasteiger partial charge in [-0.2, -0.15) is 0 Å². The third-order valence-electron chi connectivity index (χ3n) is 3.27. The smallest absolute Gasteiger partial charge is 0.151 e. The van der Waals surface area contributed by atoms with Crippen molar-refractivity contribution in [3.8, 4) is 0 Å². The molecule has 0 radical (unpaired) electrons. The van der Waals surface area contributed by atoms with E-state index in [-0.39, 0.29) is 0 Å². The fourth-order valence-electron chi connectivity index (χ4n) is 2.42. The molecule has 4 N–H and O–H groups in total. The molecule has 0 aromatic carbocycles. The quantitative estimate of drug-likeness (QED) is 0.723. The van der Waals surface area contributed by atoms with Crippen molar-refractivity contribution in [3.63, 3.8) is 0 Å². The number of hydrogen-bond acceptors (Lipinski definition) is 4. The monoisotopic (exact) mass is 247 g/mol. The van der Waals surface area contributed by atoms with Gasteiger partial charge in [0.2, 0.25) is 0 Å². The van der Waals surface area contributed by atoms with Gasteiger partial charge in [0.15, 0.2) is 5.82 Å². The van der Waals surface area contributed by atoms with Gasteiger partial charge in [0.25, 0.3) is 0 Å². The summed E-state index contributed by atoms with van der Waals surface area (Å²) in [7, 11) is 0. The van der Waals surface area contributed by atoms with Crippen molar-refractivity contribution >= 4 is 16.9 Å². The van der Waals surface area contributed by atoms with Crippen LogP contribution in [0.3, 0.4) is 0 Å². The molecule has 2 aromatic heterocycles. The van der Waals surface area contributed by atoms with Crippen LogP contribution in [-0.2, 0) is 0 Å². The van der Waals surface area contributed by atoms with E-state index in [1.54, 1.807) is 0 Å². The van der Waals surface area contributed by atoms with Gasteiger partial charge in [0.05, 0.1) is 5.52 Å². The maximum Gasteiger partial charge on any atom is 0.151 e. The van der Waals surface area contributed by atoms with Gasteiger partial charge < -0.3 is 16.0 Å². The standard InChI is InChI=1S/C11H15N5.C2H6/c1-6-2-3-8(16-6)7-4-13-10-9(7)14-5-15-11(10)12;1-2/h4-6,8,13,16H,2-3H2,1H3,(H2,12,14,15);1-2H3. The van der Waals surface area contributed by atoms with E-state index in [1.165, 1.54) is 18.3 Å². The summed E-state index contributed by atoms with van der Waals surface area (Å²) in [4.78, 5) is 11.4. The summed E-state index contributed by atoms with van der Waals surface area (Å²) in [5.74, 6) is 0.516. The molecule has 2 aromatic rings. The van der Waals surface area contributed by atoms with Crippen molar-refractivity contribution in [2.75, 3.05) is 5.73 Å². The SMILES string of the molecule is CC.CC1CCC(c2c[nH]c3c(N)ncnc23)N1. The van der Waals surface area contributed by atoms with Crippen molar-refractivity contribution in [1.29, 1.82) is 0 Å². The summed E-state index contributed by atoms with van der Waals surface area (Å²) >= 11 is 0. The van der Waals surface area contributed by atoms with E-state index in [0.717, 1.165) is 17.5 Å². The Bertz CT molecular complexity index is 519. The number of anilines is 1. The Morgan fingerprint density at radius 2 is 2.06 bits per heavy atom. The first-order chi connectivity index (χ1) is 8.75. The number of nitrogens with two attached hydrogens (primary N) is 1. The molecule has 1 fully saturated rings. The Morgan fingerprint density at radius 1 is 1.28 bits per heavy atom. The maximum atomic E-state index is 5.79. The van der Waals surface area contributed by atoms with Crippen LogP contribution < -0.4 is 11.1 Å². The number of nitrogens with one attached hydrogen (secondary N) is 2. The zero-order chi connectivity index (χ0) is 13.1. The van der Waals surface area contributed by atoms with E-state index in [9.17, 15) is 0 Å². The van der Waals surface area contributed by atoms with Crippen LogP contribution in [0.15, 0.2) is 12.5 Å². The average molecular weight is 247 g/mol. The van der Waals surface area contributed by atoms with E-state index in [4.69, 9.17) is 5.73 Å². The lowest BCUT2D eigenvalue weighted by molar-refractivity contribution is 0.587. The first kappa shape index (κ1) is 12.8. The Morgan fingerprint density at radius 3 is 2.72 bits per heavy atom. The highest BCUT2D eigenvalue weighted by Gasteiger charge is 2.24. The molecule has 98 valence electrons. The molecule has 1 aliphatic rings. The average Bonchev–Trinajstić information content (AvgIpc) is 2.98. The highest BCUT2D eigenvalue weighted by molar-refractivity contribution is 5.87. The van der Waals surface area contributed by atoms with Gasteiger partial charge in [-0.25, -0.2) is 9.97 Å². The van der Waals surface area contributed by atoms with Crippen LogP contribution in [0.5, 0.6) is 0 Å². The zero-order valence-corrected chi connectivity index (χ0v) is 11.2. The third kappa shape index (κ3) is 2.18. The lowest BCUT2D eigenvalue weighted by atomic mass is 10.1. The van der Waals surface area contributed by atoms with Gasteiger partial charge >= 0.3 is 0 Å². The largest absolute Gasteiger partial charge is 0.382 e. The fraction of sp³-hybridized carbons (Fsp3) is 0.538. The third-order valence-corrected chi connectivity index (χ3v) is 3.27. The number of aromatic amines is 1. The molecule has 0 bridgehead atoms. The molecule has 0 spiro atoms. The highest BCUT2D eigenvalue weighted by atomic mass is 15.0. The maximum absolute atomic E-state index is 5.79. The predicted molar refractivity (Wildman–Crippen MR) is 74.2 cm³/mol. The first-order valence-corrected chi connectivity index (χ1v) is 6.59. The topological polar surface area (TPSA) is 79.6 Å². The summed E-state index contributed by atoms with van der Waals surface area (Å²) in [6.07, 6.45) is 5.87. The van der Waals surface area contributed by atoms with Crippen LogP contribution >= 0.6 is 0 Å². The van der Waals surface area contributed by atoms with E-state index in [1.807, 2.05) is 20.0 Å². The summed E-state index contributed by atoms with van der Waals surface area (Å²) in [6, 6.07) is 0.965. The zero-order valence-electron chi connectivity index (χ0n) is 11.2. The second-order valence-electron chi connectivity index (χ2n) is 4.42. The van der Waals surface area contributed by atoms with Crippen molar-refractivity contribution in [2.24, 2.45) is 0 Å². The Labute approximate surface area is 107 Å². The number of hydrogen-bond donors (Lipinski definition) is 3. The molecule has 5 heteroatoms. The van der Waals surface area contributed by atoms with Gasteiger partial charge in [-0.1, -0.05) is 13.8 Å². The van der Waals surface area contributed by atoms with Gasteiger partial charge in [0.1, 0.15) is 11.8 Å². The van der Waals surface area contributed by atoms with Crippen LogP contribution in [0.2, 0.25) is 0 Å². The van der Waals surface area contributed by atoms with Crippen LogP contribution in [0, 0.1) is 0 Å². The van der Waals surface area contributed by atoms with E-state index in [2.05, 4.69) is 27.2 Å². The predicted octanol–water partition coefficient (Wildman–Crippen LogP) is 2.38. The van der Waals surface area contributed by atoms with Crippen LogP contribution in [-0.4, -0.2) is 21.0 Å². The number of nitrogens with zero attached hydrogens (tertiary/aromatic N) is 2. The van der Waals surface area contributed by atoms with E-state index in [0.29, 0.717) is 17.9 Å². The van der Waals surface area contributed by atoms with Crippen molar-refractivity contribution < 1.29 is 0 Å². The van der Waals surface area contributed by atoms with E-state index >= 15 is 0 Å². The summed E-state index contributed by atoms with van der Waals surface area (Å²) in [6.45, 7) is 6.21. The normalized spacial score (nSPS) is 22.8. The van der Waals surface area contributed by atoms with Gasteiger partial charge in [-0.3, -0.25) is 0 Å². The minimum absolute atomic E-state index is 0.387. The molecule has 1 aliphatic heterocycles. The summed E-state index contributed by atoms with van der Waals surface area (Å²) < 4.78 is 0. The van der Waals surface area contributed by atoms with Crippen LogP contribution in [0.4, 0.5) is 5.82 Å². The van der Waals surface area contributed by atoms with Crippen molar-refractivity contribution in [1.82, 2.24) is 20.3 Å². The second-order valence-corrected chi connectivity index (χ2v) is 4.42. The van der Waals surface area contributed by atoms with Gasteiger partial charge in [-0.05, 0) is 19.8 Å². The highest BCUT2D eigenvalue weighted by Crippen LogP contribution is 2.31. The molecule has 3 heterocycles. The number of rotatable bonds is 1. The van der Waals surface area contributed by atoms with E-state index < -0.39 is 0 Å². The molecule has 2 atom stereocenters. The molecule has 18 heavy (non-hydrogen) atoms. The van der Waals surface area contributed by atoms with Crippen LogP contribution in [0.1, 0.15) is 45.2 Å². The van der Waals surface area contributed by atoms with Gasteiger partial charge in [-0.15, -0.1) is 0 Å². The number of nitrogen functional groups attached to an aromatic ring is 1. The Hall–Kier alpha value is -1.62. The summed E-state index contributed by atoms with van der Waals surface area (Å²) in [5.41, 5.74) is 8.78.